The van der Waals surface area contributed by atoms with Crippen LogP contribution in [-0.4, -0.2) is 37.2 Å². The summed E-state index contributed by atoms with van der Waals surface area (Å²) in [4.78, 5) is 36.6. The van der Waals surface area contributed by atoms with E-state index in [1.165, 1.54) is 0 Å². The van der Waals surface area contributed by atoms with Gasteiger partial charge in [-0.3, -0.25) is 14.4 Å². The third-order valence-electron chi connectivity index (χ3n) is 3.39. The maximum atomic E-state index is 11.6. The lowest BCUT2D eigenvalue weighted by atomic mass is 10.1. The van der Waals surface area contributed by atoms with Gasteiger partial charge in [0.1, 0.15) is 0 Å². The van der Waals surface area contributed by atoms with E-state index < -0.39 is 11.7 Å². The van der Waals surface area contributed by atoms with Crippen molar-refractivity contribution in [1.29, 1.82) is 0 Å². The largest absolute Gasteiger partial charge is 0.361 e. The van der Waals surface area contributed by atoms with Gasteiger partial charge in [-0.05, 0) is 34.5 Å². The van der Waals surface area contributed by atoms with E-state index in [2.05, 4.69) is 26.6 Å². The van der Waals surface area contributed by atoms with Crippen LogP contribution in [-0.2, 0) is 9.59 Å². The number of nitrogens with zero attached hydrogens (tertiary/aromatic N) is 1. The average Bonchev–Trinajstić information content (AvgIpc) is 2.59. The van der Waals surface area contributed by atoms with Crippen molar-refractivity contribution in [3.63, 3.8) is 0 Å². The van der Waals surface area contributed by atoms with Crippen molar-refractivity contribution in [2.75, 3.05) is 29.9 Å². The van der Waals surface area contributed by atoms with E-state index in [0.29, 0.717) is 22.3 Å². The number of Topliss-reactive ketones (excluding diaryl/α,β-unsaturated/α-hetero) is 1. The molecule has 2 aliphatic heterocycles. The second kappa shape index (κ2) is 4.90. The minimum absolute atomic E-state index is 0.0324. The highest BCUT2D eigenvalue weighted by Crippen LogP contribution is 2.35. The Bertz CT molecular complexity index is 630. The number of anilines is 2. The van der Waals surface area contributed by atoms with Crippen molar-refractivity contribution < 1.29 is 14.4 Å². The fourth-order valence-electron chi connectivity index (χ4n) is 2.41. The Morgan fingerprint density at radius 1 is 1.20 bits per heavy atom. The van der Waals surface area contributed by atoms with Crippen LogP contribution in [0.3, 0.4) is 0 Å². The molecule has 1 aromatic carbocycles. The number of rotatable bonds is 1. The lowest BCUT2D eigenvalue weighted by molar-refractivity contribution is -0.119. The van der Waals surface area contributed by atoms with E-state index in [9.17, 15) is 14.4 Å². The summed E-state index contributed by atoms with van der Waals surface area (Å²) in [5, 5.41) is 5.35. The molecule has 0 aliphatic carbocycles. The molecule has 1 aromatic rings. The molecule has 1 fully saturated rings. The number of carbonyl (C=O) groups is 3. The summed E-state index contributed by atoms with van der Waals surface area (Å²) in [6, 6.07) is 3.37. The number of ketones is 1. The first-order chi connectivity index (χ1) is 9.56. The van der Waals surface area contributed by atoms with Crippen LogP contribution >= 0.6 is 15.9 Å². The van der Waals surface area contributed by atoms with Gasteiger partial charge in [-0.15, -0.1) is 0 Å². The first-order valence-corrected chi connectivity index (χ1v) is 7.06. The van der Waals surface area contributed by atoms with Gasteiger partial charge in [0.2, 0.25) is 5.91 Å². The molecule has 0 bridgehead atoms. The third-order valence-corrected chi connectivity index (χ3v) is 4.02. The quantitative estimate of drug-likeness (QED) is 0.746. The highest BCUT2D eigenvalue weighted by molar-refractivity contribution is 9.10. The maximum absolute atomic E-state index is 11.6. The molecule has 6 nitrogen and oxygen atoms in total. The van der Waals surface area contributed by atoms with Gasteiger partial charge in [0.05, 0.1) is 23.5 Å². The molecule has 0 saturated carbocycles. The fourth-order valence-corrected chi connectivity index (χ4v) is 3.00. The number of fused-ring (bicyclic) bond motifs is 1. The Morgan fingerprint density at radius 3 is 2.80 bits per heavy atom. The second-order valence-corrected chi connectivity index (χ2v) is 5.61. The zero-order chi connectivity index (χ0) is 14.3. The lowest BCUT2D eigenvalue weighted by Crippen LogP contribution is -2.33. The van der Waals surface area contributed by atoms with Crippen LogP contribution in [0.15, 0.2) is 16.6 Å². The van der Waals surface area contributed by atoms with Gasteiger partial charge < -0.3 is 15.5 Å². The number of carbonyl (C=O) groups excluding carboxylic acids is 3. The molecule has 20 heavy (non-hydrogen) atoms. The van der Waals surface area contributed by atoms with Crippen LogP contribution in [0.1, 0.15) is 16.8 Å². The van der Waals surface area contributed by atoms with E-state index in [0.717, 1.165) is 18.7 Å². The summed E-state index contributed by atoms with van der Waals surface area (Å²) >= 11 is 3.41. The van der Waals surface area contributed by atoms with Crippen molar-refractivity contribution >= 4 is 44.9 Å². The molecule has 0 atom stereocenters. The average molecular weight is 338 g/mol. The number of hydrogen-bond donors (Lipinski definition) is 2. The Hall–Kier alpha value is -1.89. The van der Waals surface area contributed by atoms with Crippen LogP contribution in [0.4, 0.5) is 11.4 Å². The lowest BCUT2D eigenvalue weighted by Gasteiger charge is -2.23. The van der Waals surface area contributed by atoms with E-state index in [1.54, 1.807) is 12.1 Å². The maximum Gasteiger partial charge on any atom is 0.296 e. The summed E-state index contributed by atoms with van der Waals surface area (Å²) in [5.41, 5.74) is 1.67. The van der Waals surface area contributed by atoms with E-state index in [1.807, 2.05) is 4.90 Å². The van der Waals surface area contributed by atoms with Gasteiger partial charge in [0.15, 0.2) is 0 Å². The van der Waals surface area contributed by atoms with Gasteiger partial charge in [0.25, 0.3) is 11.7 Å². The first-order valence-electron chi connectivity index (χ1n) is 6.27. The van der Waals surface area contributed by atoms with Gasteiger partial charge in [-0.2, -0.15) is 0 Å². The smallest absolute Gasteiger partial charge is 0.296 e. The molecule has 0 radical (unpaired) electrons. The summed E-state index contributed by atoms with van der Waals surface area (Å²) in [5.74, 6) is -1.17. The van der Waals surface area contributed by atoms with E-state index in [-0.39, 0.29) is 12.5 Å². The highest BCUT2D eigenvalue weighted by atomic mass is 79.9. The molecule has 2 heterocycles. The molecule has 7 heteroatoms. The molecule has 0 aromatic heterocycles. The molecule has 3 rings (SSSR count). The van der Waals surface area contributed by atoms with Crippen molar-refractivity contribution in [2.24, 2.45) is 0 Å². The highest BCUT2D eigenvalue weighted by Gasteiger charge is 2.30. The topological polar surface area (TPSA) is 78.5 Å². The molecular formula is C13H12BrN3O3. The zero-order valence-corrected chi connectivity index (χ0v) is 12.1. The molecule has 2 aliphatic rings. The van der Waals surface area contributed by atoms with E-state index in [4.69, 9.17) is 0 Å². The number of nitrogens with one attached hydrogen (secondary N) is 2. The van der Waals surface area contributed by atoms with Gasteiger partial charge in [0, 0.05) is 17.6 Å². The summed E-state index contributed by atoms with van der Waals surface area (Å²) in [7, 11) is 0. The number of amides is 2. The van der Waals surface area contributed by atoms with Gasteiger partial charge in [-0.25, -0.2) is 0 Å². The first kappa shape index (κ1) is 13.1. The monoisotopic (exact) mass is 337 g/mol. The number of benzene rings is 1. The Morgan fingerprint density at radius 2 is 2.00 bits per heavy atom. The van der Waals surface area contributed by atoms with Crippen molar-refractivity contribution in [3.05, 3.63) is 22.2 Å². The number of halogens is 1. The third kappa shape index (κ3) is 2.18. The van der Waals surface area contributed by atoms with Crippen molar-refractivity contribution in [3.8, 4) is 0 Å². The SMILES string of the molecule is O=C1CN(c2cc3c(cc2Br)C(=O)C(=O)N3)CCCN1. The van der Waals surface area contributed by atoms with Crippen LogP contribution in [0.5, 0.6) is 0 Å². The van der Waals surface area contributed by atoms with Crippen LogP contribution in [0, 0.1) is 0 Å². The summed E-state index contributed by atoms with van der Waals surface area (Å²) < 4.78 is 0.704. The Labute approximate surface area is 123 Å². The zero-order valence-electron chi connectivity index (χ0n) is 10.5. The number of hydrogen-bond acceptors (Lipinski definition) is 4. The predicted octanol–water partition coefficient (Wildman–Crippen LogP) is 0.910. The molecule has 1 saturated heterocycles. The van der Waals surface area contributed by atoms with Gasteiger partial charge >= 0.3 is 0 Å². The molecule has 0 spiro atoms. The van der Waals surface area contributed by atoms with Crippen molar-refractivity contribution in [1.82, 2.24) is 5.32 Å². The summed E-state index contributed by atoms with van der Waals surface area (Å²) in [6.45, 7) is 1.66. The summed E-state index contributed by atoms with van der Waals surface area (Å²) in [6.07, 6.45) is 0.848. The predicted molar refractivity (Wildman–Crippen MR) is 76.9 cm³/mol. The molecule has 104 valence electrons. The van der Waals surface area contributed by atoms with Crippen LogP contribution < -0.4 is 15.5 Å². The normalized spacial score (nSPS) is 18.4. The Balaban J connectivity index is 1.99. The standard InChI is InChI=1S/C13H12BrN3O3/c14-8-4-7-9(16-13(20)12(7)19)5-10(8)17-3-1-2-15-11(18)6-17/h4-5H,1-3,6H2,(H,15,18)(H,16,19,20). The van der Waals surface area contributed by atoms with Crippen LogP contribution in [0.25, 0.3) is 0 Å². The minimum atomic E-state index is -0.613. The molecular weight excluding hydrogens is 326 g/mol. The second-order valence-electron chi connectivity index (χ2n) is 4.76. The minimum Gasteiger partial charge on any atom is -0.361 e. The van der Waals surface area contributed by atoms with Crippen LogP contribution in [0.2, 0.25) is 0 Å². The fraction of sp³-hybridized carbons (Fsp3) is 0.308. The van der Waals surface area contributed by atoms with E-state index >= 15 is 0 Å². The Kier molecular flexibility index (Phi) is 3.21. The molecule has 2 N–H and O–H groups in total. The molecule has 0 unspecified atom stereocenters. The van der Waals surface area contributed by atoms with Gasteiger partial charge in [-0.1, -0.05) is 0 Å². The van der Waals surface area contributed by atoms with Crippen molar-refractivity contribution in [2.45, 2.75) is 6.42 Å². The molecule has 2 amide bonds.